The highest BCUT2D eigenvalue weighted by molar-refractivity contribution is 6.34. The average Bonchev–Trinajstić information content (AvgIpc) is 3.09. The van der Waals surface area contributed by atoms with Crippen molar-refractivity contribution in [2.45, 2.75) is 78.6 Å². The summed E-state index contributed by atoms with van der Waals surface area (Å²) in [6.45, 7) is 13.5. The number of unbranched alkanes of at least 4 members (excludes halogenated alkanes) is 2. The first kappa shape index (κ1) is 40.4. The first-order chi connectivity index (χ1) is 23.5. The van der Waals surface area contributed by atoms with Crippen LogP contribution in [-0.2, 0) is 11.2 Å². The number of nitrogens with zero attached hydrogens (tertiary/aromatic N) is 4. The van der Waals surface area contributed by atoms with Crippen LogP contribution in [0.15, 0.2) is 6.07 Å². The van der Waals surface area contributed by atoms with Gasteiger partial charge in [-0.15, -0.1) is 0 Å². The van der Waals surface area contributed by atoms with Crippen molar-refractivity contribution in [3.8, 4) is 11.8 Å². The van der Waals surface area contributed by atoms with Gasteiger partial charge in [0.1, 0.15) is 22.8 Å². The molecule has 0 saturated carbocycles. The Bertz CT molecular complexity index is 1370. The predicted molar refractivity (Wildman–Crippen MR) is 194 cm³/mol. The minimum Gasteiger partial charge on any atom is -0.480 e. The summed E-state index contributed by atoms with van der Waals surface area (Å²) in [5, 5.41) is 10.1. The van der Waals surface area contributed by atoms with Gasteiger partial charge in [-0.05, 0) is 115 Å². The molecule has 2 aliphatic heterocycles. The van der Waals surface area contributed by atoms with Gasteiger partial charge < -0.3 is 40.6 Å². The van der Waals surface area contributed by atoms with Crippen molar-refractivity contribution in [2.75, 3.05) is 71.1 Å². The number of methoxy groups -OCH3 is 1. The van der Waals surface area contributed by atoms with Crippen molar-refractivity contribution in [1.82, 2.24) is 19.8 Å². The van der Waals surface area contributed by atoms with Crippen molar-refractivity contribution < 1.29 is 28.9 Å². The molecule has 0 atom stereocenters. The molecule has 49 heavy (non-hydrogen) atoms. The monoisotopic (exact) mass is 724 g/mol. The van der Waals surface area contributed by atoms with Crippen LogP contribution in [0.1, 0.15) is 98.4 Å². The molecule has 2 fully saturated rings. The molecule has 0 spiro atoms. The molecular weight excluding hydrogens is 671 g/mol. The molecule has 2 aromatic rings. The number of likely N-dealkylation sites (tertiary alicyclic amines) is 2. The molecule has 0 aliphatic carbocycles. The van der Waals surface area contributed by atoms with Crippen molar-refractivity contribution >= 4 is 46.8 Å². The topological polar surface area (TPSA) is 166 Å². The van der Waals surface area contributed by atoms with E-state index in [1.54, 1.807) is 6.92 Å². The molecule has 5 N–H and O–H groups in total. The Hall–Kier alpha value is -3.06. The van der Waals surface area contributed by atoms with Crippen molar-refractivity contribution in [1.29, 1.82) is 0 Å². The average molecular weight is 726 g/mol. The molecule has 0 unspecified atom stereocenters. The zero-order valence-electron chi connectivity index (χ0n) is 29.4. The van der Waals surface area contributed by atoms with E-state index in [2.05, 4.69) is 33.6 Å². The van der Waals surface area contributed by atoms with Crippen LogP contribution in [0.4, 0.5) is 11.6 Å². The van der Waals surface area contributed by atoms with Gasteiger partial charge in [-0.2, -0.15) is 9.97 Å². The maximum absolute atomic E-state index is 12.3. The second kappa shape index (κ2) is 20.6. The molecule has 12 nitrogen and oxygen atoms in total. The van der Waals surface area contributed by atoms with Gasteiger partial charge in [0.25, 0.3) is 0 Å². The number of aromatic nitrogens is 2. The largest absolute Gasteiger partial charge is 0.480 e. The van der Waals surface area contributed by atoms with Crippen LogP contribution in [0.3, 0.4) is 0 Å². The van der Waals surface area contributed by atoms with Gasteiger partial charge in [0.2, 0.25) is 11.8 Å². The van der Waals surface area contributed by atoms with Crippen LogP contribution < -0.4 is 20.9 Å². The second-order valence-electron chi connectivity index (χ2n) is 12.7. The molecule has 0 radical (unpaired) electrons. The van der Waals surface area contributed by atoms with Crippen molar-refractivity contribution in [2.24, 2.45) is 11.8 Å². The second-order valence-corrected chi connectivity index (χ2v) is 13.5. The lowest BCUT2D eigenvalue weighted by Gasteiger charge is -2.32. The molecule has 0 amide bonds. The van der Waals surface area contributed by atoms with Gasteiger partial charge in [-0.1, -0.05) is 49.9 Å². The van der Waals surface area contributed by atoms with E-state index in [1.165, 1.54) is 38.9 Å². The number of rotatable bonds is 15. The number of hydrogen-bond acceptors (Lipinski definition) is 11. The first-order valence-electron chi connectivity index (χ1n) is 17.5. The zero-order valence-corrected chi connectivity index (χ0v) is 31.0. The highest BCUT2D eigenvalue weighted by atomic mass is 35.5. The number of hydrogen-bond donors (Lipinski definition) is 3. The molecule has 274 valence electrons. The number of anilines is 2. The number of carbonyl (C=O) groups is 2. The number of piperidine rings is 2. The first-order valence-corrected chi connectivity index (χ1v) is 18.2. The van der Waals surface area contributed by atoms with Gasteiger partial charge in [0.05, 0.1) is 30.4 Å². The van der Waals surface area contributed by atoms with Crippen molar-refractivity contribution in [3.63, 3.8) is 0 Å². The maximum Gasteiger partial charge on any atom is 0.343 e. The molecule has 2 aliphatic rings. The van der Waals surface area contributed by atoms with E-state index >= 15 is 0 Å². The van der Waals surface area contributed by atoms with E-state index in [0.717, 1.165) is 65.0 Å². The zero-order chi connectivity index (χ0) is 35.9. The van der Waals surface area contributed by atoms with Crippen LogP contribution in [0, 0.1) is 11.8 Å². The summed E-state index contributed by atoms with van der Waals surface area (Å²) in [6.07, 6.45) is 9.64. The van der Waals surface area contributed by atoms with Gasteiger partial charge in [0, 0.05) is 0 Å². The Kier molecular flexibility index (Phi) is 17.0. The smallest absolute Gasteiger partial charge is 0.343 e. The fourth-order valence-electron chi connectivity index (χ4n) is 6.16. The van der Waals surface area contributed by atoms with Crippen LogP contribution in [-0.4, -0.2) is 96.4 Å². The molecule has 14 heteroatoms. The number of carboxylic acids is 1. The Morgan fingerprint density at radius 2 is 1.45 bits per heavy atom. The Labute approximate surface area is 300 Å². The molecule has 0 bridgehead atoms. The van der Waals surface area contributed by atoms with Crippen LogP contribution in [0.5, 0.6) is 11.8 Å². The number of nitrogens with two attached hydrogens (primary N) is 2. The third-order valence-electron chi connectivity index (χ3n) is 9.12. The molecule has 4 heterocycles. The van der Waals surface area contributed by atoms with Gasteiger partial charge >= 0.3 is 11.9 Å². The highest BCUT2D eigenvalue weighted by Gasteiger charge is 2.28. The maximum atomic E-state index is 12.3. The minimum absolute atomic E-state index is 0.0504. The van der Waals surface area contributed by atoms with Gasteiger partial charge in [-0.3, -0.25) is 0 Å². The third-order valence-corrected chi connectivity index (χ3v) is 9.84. The summed E-state index contributed by atoms with van der Waals surface area (Å²) in [6, 6.07) is 1.44. The molecular formula is C35H54Cl2N6O6. The van der Waals surface area contributed by atoms with E-state index in [1.807, 2.05) is 0 Å². The fourth-order valence-corrected chi connectivity index (χ4v) is 6.53. The SMILES string of the molecule is CCCCN1CCC(COC(=O)c2cc(Cl)c(N)nc2OC)CC1.CCCCN1CCC(Cc2c(Cl)c(N)nc(OCC)c2C(=O)O)CC1. The lowest BCUT2D eigenvalue weighted by Crippen LogP contribution is -2.36. The van der Waals surface area contributed by atoms with Crippen molar-refractivity contribution in [3.05, 3.63) is 32.8 Å². The molecule has 4 rings (SSSR count). The van der Waals surface area contributed by atoms with Crippen LogP contribution >= 0.6 is 23.2 Å². The van der Waals surface area contributed by atoms with E-state index in [4.69, 9.17) is 48.9 Å². The Morgan fingerprint density at radius 3 is 1.96 bits per heavy atom. The number of halogens is 2. The lowest BCUT2D eigenvalue weighted by molar-refractivity contribution is 0.0367. The number of carboxylic acid groups (broad SMARTS) is 1. The lowest BCUT2D eigenvalue weighted by atomic mass is 9.88. The van der Waals surface area contributed by atoms with Gasteiger partial charge in [-0.25, -0.2) is 9.59 Å². The number of carbonyl (C=O) groups excluding carboxylic acids is 1. The summed E-state index contributed by atoms with van der Waals surface area (Å²) < 4.78 is 15.9. The quantitative estimate of drug-likeness (QED) is 0.172. The number of pyridine rings is 2. The number of esters is 1. The number of aromatic carboxylic acids is 1. The summed E-state index contributed by atoms with van der Waals surface area (Å²) in [5.74, 6) is -0.304. The summed E-state index contributed by atoms with van der Waals surface area (Å²) in [7, 11) is 1.43. The number of ether oxygens (including phenoxy) is 3. The standard InChI is InChI=1S/C18H28ClN3O3.C17H26ClN3O3/c1-3-5-8-22-9-6-12(7-10-22)11-13-14(18(23)24)17(25-4-2)21-16(20)15(13)19;1-3-4-7-21-8-5-12(6-9-21)11-24-17(22)13-10-14(18)15(19)20-16(13)23-2/h12H,3-11H2,1-2H3,(H2,20,21)(H,23,24);10,12H,3-9,11H2,1-2H3,(H2,19,20). The van der Waals surface area contributed by atoms with E-state index in [9.17, 15) is 14.7 Å². The van der Waals surface area contributed by atoms with E-state index in [-0.39, 0.29) is 44.6 Å². The predicted octanol–water partition coefficient (Wildman–Crippen LogP) is 6.46. The van der Waals surface area contributed by atoms with E-state index < -0.39 is 11.9 Å². The third kappa shape index (κ3) is 12.0. The van der Waals surface area contributed by atoms with Crippen LogP contribution in [0.25, 0.3) is 0 Å². The molecule has 0 aromatic carbocycles. The van der Waals surface area contributed by atoms with Gasteiger partial charge in [0.15, 0.2) is 0 Å². The molecule has 2 aromatic heterocycles. The summed E-state index contributed by atoms with van der Waals surface area (Å²) in [5.41, 5.74) is 12.3. The normalized spacial score (nSPS) is 16.1. The number of nitrogen functional groups attached to an aromatic ring is 2. The Balaban J connectivity index is 0.000000266. The summed E-state index contributed by atoms with van der Waals surface area (Å²) in [4.78, 5) is 37.0. The Morgan fingerprint density at radius 1 is 0.898 bits per heavy atom. The van der Waals surface area contributed by atoms with E-state index in [0.29, 0.717) is 37.0 Å². The minimum atomic E-state index is -1.08. The summed E-state index contributed by atoms with van der Waals surface area (Å²) >= 11 is 12.3. The molecule has 2 saturated heterocycles. The fraction of sp³-hybridized carbons (Fsp3) is 0.657. The van der Waals surface area contributed by atoms with Crippen LogP contribution in [0.2, 0.25) is 10.0 Å². The highest BCUT2D eigenvalue weighted by Crippen LogP contribution is 2.35.